The Morgan fingerprint density at radius 1 is 1.00 bits per heavy atom. The molecule has 4 N–H and O–H groups in total. The number of amides is 4. The van der Waals surface area contributed by atoms with E-state index >= 15 is 0 Å². The molecule has 0 saturated carbocycles. The molecule has 0 aromatic heterocycles. The highest BCUT2D eigenvalue weighted by molar-refractivity contribution is 5.76. The van der Waals surface area contributed by atoms with Crippen LogP contribution in [0.25, 0.3) is 0 Å². The molecule has 0 aliphatic carbocycles. The second-order valence-corrected chi connectivity index (χ2v) is 4.74. The summed E-state index contributed by atoms with van der Waals surface area (Å²) >= 11 is 0. The minimum Gasteiger partial charge on any atom is -0.336 e. The van der Waals surface area contributed by atoms with Gasteiger partial charge in [0.1, 0.15) is 0 Å². The van der Waals surface area contributed by atoms with Crippen molar-refractivity contribution in [1.29, 1.82) is 0 Å². The molecule has 2 fully saturated rings. The first kappa shape index (κ1) is 13.9. The molecule has 0 spiro atoms. The van der Waals surface area contributed by atoms with Gasteiger partial charge in [-0.05, 0) is 0 Å². The van der Waals surface area contributed by atoms with Crippen LogP contribution in [0.5, 0.6) is 0 Å². The Morgan fingerprint density at radius 3 is 1.79 bits per heavy atom. The van der Waals surface area contributed by atoms with Crippen LogP contribution in [0, 0.1) is 0 Å². The molecule has 108 valence electrons. The van der Waals surface area contributed by atoms with E-state index in [0.29, 0.717) is 19.8 Å². The van der Waals surface area contributed by atoms with Crippen molar-refractivity contribution in [1.82, 2.24) is 25.3 Å². The zero-order chi connectivity index (χ0) is 13.7. The van der Waals surface area contributed by atoms with Crippen molar-refractivity contribution in [3.8, 4) is 0 Å². The fourth-order valence-electron chi connectivity index (χ4n) is 2.27. The summed E-state index contributed by atoms with van der Waals surface area (Å²) in [4.78, 5) is 28.4. The fourth-order valence-corrected chi connectivity index (χ4v) is 2.27. The predicted molar refractivity (Wildman–Crippen MR) is 70.6 cm³/mol. The van der Waals surface area contributed by atoms with E-state index in [0.717, 1.165) is 39.3 Å². The first-order chi connectivity index (χ1) is 9.20. The number of nitrogens with zero attached hydrogens (tertiary/aromatic N) is 3. The van der Waals surface area contributed by atoms with Crippen LogP contribution in [0.15, 0.2) is 0 Å². The maximum atomic E-state index is 11.4. The van der Waals surface area contributed by atoms with Gasteiger partial charge in [0.05, 0.1) is 0 Å². The lowest BCUT2D eigenvalue weighted by Crippen LogP contribution is -2.43. The molecule has 0 atom stereocenters. The van der Waals surface area contributed by atoms with Gasteiger partial charge in [0.15, 0.2) is 0 Å². The van der Waals surface area contributed by atoms with Gasteiger partial charge in [0.2, 0.25) is 0 Å². The summed E-state index contributed by atoms with van der Waals surface area (Å²) in [6.45, 7) is 6.20. The number of urea groups is 2. The molecule has 0 aromatic carbocycles. The van der Waals surface area contributed by atoms with Crippen LogP contribution in [-0.2, 0) is 0 Å². The number of nitrogens with two attached hydrogens (primary N) is 1. The molecule has 2 saturated heterocycles. The number of nitrogens with one attached hydrogen (secondary N) is 2. The summed E-state index contributed by atoms with van der Waals surface area (Å²) in [7, 11) is 0. The number of hydrogen-bond donors (Lipinski definition) is 3. The van der Waals surface area contributed by atoms with Crippen molar-refractivity contribution in [2.24, 2.45) is 5.73 Å². The molecule has 4 amide bonds. The molecule has 2 aliphatic rings. The molecule has 0 unspecified atom stereocenters. The topological polar surface area (TPSA) is 93.9 Å². The number of carbonyl (C=O) groups is 2. The highest BCUT2D eigenvalue weighted by Gasteiger charge is 2.21. The third-order valence-electron chi connectivity index (χ3n) is 3.52. The minimum atomic E-state index is -0.00380. The molecule has 0 aromatic rings. The van der Waals surface area contributed by atoms with Gasteiger partial charge in [-0.15, -0.1) is 0 Å². The Kier molecular flexibility index (Phi) is 4.80. The van der Waals surface area contributed by atoms with Gasteiger partial charge in [-0.3, -0.25) is 4.90 Å². The van der Waals surface area contributed by atoms with Crippen LogP contribution in [0.2, 0.25) is 0 Å². The number of hydrogen-bond acceptors (Lipinski definition) is 4. The molecule has 8 heteroatoms. The van der Waals surface area contributed by atoms with E-state index in [1.54, 1.807) is 9.80 Å². The molecule has 19 heavy (non-hydrogen) atoms. The Balaban J connectivity index is 1.68. The largest absolute Gasteiger partial charge is 0.336 e. The Bertz CT molecular complexity index is 307. The lowest BCUT2D eigenvalue weighted by Gasteiger charge is -2.25. The van der Waals surface area contributed by atoms with Gasteiger partial charge >= 0.3 is 12.1 Å². The summed E-state index contributed by atoms with van der Waals surface area (Å²) in [6, 6.07) is -0.00761. The van der Waals surface area contributed by atoms with Crippen LogP contribution < -0.4 is 16.4 Å². The van der Waals surface area contributed by atoms with Gasteiger partial charge in [-0.2, -0.15) is 0 Å². The smallest absolute Gasteiger partial charge is 0.317 e. The fraction of sp³-hybridized carbons (Fsp3) is 0.818. The van der Waals surface area contributed by atoms with Crippen molar-refractivity contribution in [3.05, 3.63) is 0 Å². The van der Waals surface area contributed by atoms with Crippen LogP contribution in [0.4, 0.5) is 9.59 Å². The Morgan fingerprint density at radius 2 is 1.47 bits per heavy atom. The highest BCUT2D eigenvalue weighted by atomic mass is 16.2. The molecule has 2 heterocycles. The van der Waals surface area contributed by atoms with Crippen LogP contribution >= 0.6 is 0 Å². The first-order valence-corrected chi connectivity index (χ1v) is 6.68. The second-order valence-electron chi connectivity index (χ2n) is 4.74. The molecule has 2 rings (SSSR count). The number of rotatable bonds is 7. The summed E-state index contributed by atoms with van der Waals surface area (Å²) in [6.07, 6.45) is 0. The van der Waals surface area contributed by atoms with Crippen molar-refractivity contribution in [3.63, 3.8) is 0 Å². The van der Waals surface area contributed by atoms with Gasteiger partial charge in [0, 0.05) is 59.0 Å². The van der Waals surface area contributed by atoms with Gasteiger partial charge < -0.3 is 26.2 Å². The molecular weight excluding hydrogens is 248 g/mol. The predicted octanol–water partition coefficient (Wildman–Crippen LogP) is -1.74. The van der Waals surface area contributed by atoms with Gasteiger partial charge in [-0.1, -0.05) is 0 Å². The van der Waals surface area contributed by atoms with Crippen molar-refractivity contribution in [2.75, 3.05) is 59.0 Å². The second kappa shape index (κ2) is 6.58. The normalized spacial score (nSPS) is 19.3. The van der Waals surface area contributed by atoms with Crippen molar-refractivity contribution in [2.45, 2.75) is 0 Å². The zero-order valence-electron chi connectivity index (χ0n) is 11.1. The number of carbonyl (C=O) groups excluding carboxylic acids is 2. The van der Waals surface area contributed by atoms with E-state index in [1.165, 1.54) is 0 Å². The summed E-state index contributed by atoms with van der Waals surface area (Å²) < 4.78 is 0. The summed E-state index contributed by atoms with van der Waals surface area (Å²) in [5.41, 5.74) is 5.70. The SMILES string of the molecule is NCN(CCN1CCNC1=O)CCN1CCNC1=O. The van der Waals surface area contributed by atoms with Crippen LogP contribution in [-0.4, -0.2) is 85.8 Å². The Hall–Kier alpha value is -1.54. The van der Waals surface area contributed by atoms with Crippen molar-refractivity contribution < 1.29 is 9.59 Å². The van der Waals surface area contributed by atoms with Crippen LogP contribution in [0.1, 0.15) is 0 Å². The highest BCUT2D eigenvalue weighted by Crippen LogP contribution is 1.99. The third-order valence-corrected chi connectivity index (χ3v) is 3.52. The first-order valence-electron chi connectivity index (χ1n) is 6.68. The average Bonchev–Trinajstić information content (AvgIpc) is 2.99. The molecular formula is C11H22N6O2. The lowest BCUT2D eigenvalue weighted by molar-refractivity contribution is 0.188. The average molecular weight is 270 g/mol. The Labute approximate surface area is 112 Å². The molecule has 8 nitrogen and oxygen atoms in total. The lowest BCUT2D eigenvalue weighted by atomic mass is 10.4. The molecule has 2 aliphatic heterocycles. The van der Waals surface area contributed by atoms with Gasteiger partial charge in [0.25, 0.3) is 0 Å². The van der Waals surface area contributed by atoms with Crippen LogP contribution in [0.3, 0.4) is 0 Å². The van der Waals surface area contributed by atoms with Gasteiger partial charge in [-0.25, -0.2) is 9.59 Å². The summed E-state index contributed by atoms with van der Waals surface area (Å²) in [5.74, 6) is 0. The van der Waals surface area contributed by atoms with E-state index < -0.39 is 0 Å². The van der Waals surface area contributed by atoms with E-state index in [-0.39, 0.29) is 12.1 Å². The molecule has 0 bridgehead atoms. The summed E-state index contributed by atoms with van der Waals surface area (Å²) in [5, 5.41) is 5.54. The zero-order valence-corrected chi connectivity index (χ0v) is 11.1. The quantitative estimate of drug-likeness (QED) is 0.478. The van der Waals surface area contributed by atoms with E-state index in [9.17, 15) is 9.59 Å². The monoisotopic (exact) mass is 270 g/mol. The standard InChI is InChI=1S/C11H22N6O2/c12-9-15(5-7-16-3-1-13-10(16)18)6-8-17-4-2-14-11(17)19/h1-9,12H2,(H,13,18)(H,14,19). The van der Waals surface area contributed by atoms with Crippen molar-refractivity contribution >= 4 is 12.1 Å². The van der Waals surface area contributed by atoms with E-state index in [4.69, 9.17) is 5.73 Å². The minimum absolute atomic E-state index is 0.00380. The van der Waals surface area contributed by atoms with E-state index in [2.05, 4.69) is 15.5 Å². The maximum Gasteiger partial charge on any atom is 0.317 e. The maximum absolute atomic E-state index is 11.4. The third kappa shape index (κ3) is 3.71. The molecule has 0 radical (unpaired) electrons. The van der Waals surface area contributed by atoms with E-state index in [1.807, 2.05) is 0 Å².